The molecule has 1 atom stereocenters. The fraction of sp³-hybridized carbons (Fsp3) is 0.425. The molecule has 20 heteroatoms. The normalized spacial score (nSPS) is 17.3. The van der Waals surface area contributed by atoms with Crippen molar-refractivity contribution in [3.05, 3.63) is 163 Å². The quantitative estimate of drug-likeness (QED) is 0.00747. The van der Waals surface area contributed by atoms with Crippen LogP contribution in [0.4, 0.5) is 5.69 Å². The van der Waals surface area contributed by atoms with Crippen molar-refractivity contribution < 1.29 is 76.2 Å². The van der Waals surface area contributed by atoms with E-state index < -0.39 is 47.8 Å². The molecule has 3 aliphatic rings. The molecule has 494 valence electrons. The maximum absolute atomic E-state index is 14.2. The largest absolute Gasteiger partial charge is 0.494 e. The van der Waals surface area contributed by atoms with Crippen LogP contribution in [0.3, 0.4) is 0 Å². The molecule has 8 rings (SSSR count). The van der Waals surface area contributed by atoms with E-state index in [9.17, 15) is 33.6 Å². The summed E-state index contributed by atoms with van der Waals surface area (Å²) in [6, 6.07) is 32.6. The minimum absolute atomic E-state index is 0.158. The molecule has 2 aliphatic carbocycles. The molecule has 0 radical (unpaired) electrons. The van der Waals surface area contributed by atoms with E-state index in [1.807, 2.05) is 23.2 Å². The molecule has 19 nitrogen and oxygen atoms in total. The number of ether oxygens (including phenoxy) is 9. The van der Waals surface area contributed by atoms with Gasteiger partial charge in [-0.25, -0.2) is 24.0 Å². The molecule has 0 saturated heterocycles. The predicted molar refractivity (Wildman–Crippen MR) is 353 cm³/mol. The molecule has 0 spiro atoms. The van der Waals surface area contributed by atoms with Crippen LogP contribution >= 0.6 is 11.8 Å². The van der Waals surface area contributed by atoms with Crippen LogP contribution in [0.5, 0.6) is 28.7 Å². The Balaban J connectivity index is 0.814. The van der Waals surface area contributed by atoms with Gasteiger partial charge in [0.25, 0.3) is 0 Å². The average molecular weight is 1290 g/mol. The van der Waals surface area contributed by atoms with Gasteiger partial charge in [-0.15, -0.1) is 0 Å². The summed E-state index contributed by atoms with van der Waals surface area (Å²) < 4.78 is 51.0. The maximum atomic E-state index is 14.2. The molecule has 5 aromatic rings. The summed E-state index contributed by atoms with van der Waals surface area (Å²) >= 11 is 1.65. The average Bonchev–Trinajstić information content (AvgIpc) is 1.90. The number of para-hydroxylation sites is 1. The van der Waals surface area contributed by atoms with Gasteiger partial charge in [0.1, 0.15) is 41.0 Å². The van der Waals surface area contributed by atoms with Crippen LogP contribution < -0.4 is 29.0 Å². The van der Waals surface area contributed by atoms with Crippen molar-refractivity contribution in [1.29, 1.82) is 0 Å². The highest BCUT2D eigenvalue weighted by Gasteiger charge is 2.33. The van der Waals surface area contributed by atoms with Crippen molar-refractivity contribution in [2.24, 2.45) is 16.9 Å². The monoisotopic (exact) mass is 1290 g/mol. The van der Waals surface area contributed by atoms with Crippen molar-refractivity contribution in [3.8, 4) is 28.7 Å². The highest BCUT2D eigenvalue weighted by Crippen LogP contribution is 2.40. The van der Waals surface area contributed by atoms with Gasteiger partial charge in [-0.1, -0.05) is 63.2 Å². The number of unbranched alkanes of at least 4 members (excludes halogenated alkanes) is 9. The summed E-state index contributed by atoms with van der Waals surface area (Å²) in [4.78, 5) is 91.1. The lowest BCUT2D eigenvalue weighted by Crippen LogP contribution is -2.33. The van der Waals surface area contributed by atoms with Crippen LogP contribution in [-0.4, -0.2) is 104 Å². The summed E-state index contributed by atoms with van der Waals surface area (Å²) in [5, 5.41) is 10.5. The number of hydrazone groups is 1. The standard InChI is InChI=1S/C73H85N3O16S/c1-4-7-8-15-44-76(73-75-64-20-13-14-21-65(64)93-73)74-50-55-49-62(42-43-63(55)72(83)91-60-36-28-53(29-37-60)70(81)90-61-40-38-57(39-41-61)85-46-17-10-12-19-48-87-67(78)6-3)92-71(82)54-26-34-59(35-27-54)89-69(80)52-24-32-58(33-25-52)88-68(79)51-22-30-56(31-23-51)84-45-16-9-11-18-47-86-66(77)5-2/h5-6,13-14,20-23,26-27,30-31,34-35,38-43,49-50,52-53,58,60,73,75H,2-4,7-12,15-19,24-25,28-29,32-33,36-37,44-48H2,1H3/b74-50+/t52-,53-,58-,60-,73?. The van der Waals surface area contributed by atoms with Gasteiger partial charge in [0.15, 0.2) is 5.50 Å². The number of hydrogen-bond donors (Lipinski definition) is 1. The van der Waals surface area contributed by atoms with Crippen LogP contribution in [0.25, 0.3) is 0 Å². The highest BCUT2D eigenvalue weighted by atomic mass is 32.2. The molecule has 2 fully saturated rings. The predicted octanol–water partition coefficient (Wildman–Crippen LogP) is 14.6. The van der Waals surface area contributed by atoms with E-state index in [0.717, 1.165) is 99.8 Å². The van der Waals surface area contributed by atoms with Crippen LogP contribution in [0, 0.1) is 11.8 Å². The maximum Gasteiger partial charge on any atom is 0.343 e. The molecular weight excluding hydrogens is 1210 g/mol. The Morgan fingerprint density at radius 3 is 1.53 bits per heavy atom. The molecule has 2 saturated carbocycles. The van der Waals surface area contributed by atoms with Crippen molar-refractivity contribution >= 4 is 65.4 Å². The lowest BCUT2D eigenvalue weighted by molar-refractivity contribution is -0.141. The van der Waals surface area contributed by atoms with E-state index in [4.69, 9.17) is 47.7 Å². The number of rotatable bonds is 36. The van der Waals surface area contributed by atoms with E-state index in [0.29, 0.717) is 113 Å². The van der Waals surface area contributed by atoms with Gasteiger partial charge >= 0.3 is 41.8 Å². The molecule has 0 amide bonds. The number of nitrogens with one attached hydrogen (secondary N) is 1. The first-order chi connectivity index (χ1) is 45.3. The Kier molecular flexibility index (Phi) is 28.3. The molecule has 1 aliphatic heterocycles. The molecule has 1 unspecified atom stereocenters. The Hall–Kier alpha value is -8.91. The van der Waals surface area contributed by atoms with Crippen molar-refractivity contribution in [3.63, 3.8) is 0 Å². The molecule has 1 N–H and O–H groups in total. The lowest BCUT2D eigenvalue weighted by Gasteiger charge is -2.27. The number of anilines is 1. The molecule has 1 heterocycles. The van der Waals surface area contributed by atoms with Gasteiger partial charge in [0, 0.05) is 29.2 Å². The van der Waals surface area contributed by atoms with E-state index in [2.05, 4.69) is 31.5 Å². The first-order valence-corrected chi connectivity index (χ1v) is 33.4. The Labute approximate surface area is 548 Å². The number of fused-ring (bicyclic) bond motifs is 1. The van der Waals surface area contributed by atoms with Crippen molar-refractivity contribution in [2.45, 2.75) is 158 Å². The highest BCUT2D eigenvalue weighted by molar-refractivity contribution is 8.00. The van der Waals surface area contributed by atoms with Gasteiger partial charge in [-0.3, -0.25) is 14.6 Å². The summed E-state index contributed by atoms with van der Waals surface area (Å²) in [6.07, 6.45) is 17.8. The Morgan fingerprint density at radius 1 is 0.516 bits per heavy atom. The Morgan fingerprint density at radius 2 is 0.989 bits per heavy atom. The van der Waals surface area contributed by atoms with Crippen LogP contribution in [-0.2, 0) is 38.1 Å². The van der Waals surface area contributed by atoms with Gasteiger partial charge in [-0.2, -0.15) is 5.10 Å². The molecule has 0 aromatic heterocycles. The zero-order valence-corrected chi connectivity index (χ0v) is 53.8. The third-order valence-electron chi connectivity index (χ3n) is 16.2. The topological polar surface area (TPSA) is 230 Å². The first-order valence-electron chi connectivity index (χ1n) is 32.5. The fourth-order valence-corrected chi connectivity index (χ4v) is 11.9. The summed E-state index contributed by atoms with van der Waals surface area (Å²) in [7, 11) is 0. The number of thioether (sulfide) groups is 1. The number of esters is 7. The number of carbonyl (C=O) groups excluding carboxylic acids is 7. The minimum Gasteiger partial charge on any atom is -0.494 e. The minimum atomic E-state index is -0.682. The third-order valence-corrected chi connectivity index (χ3v) is 17.3. The van der Waals surface area contributed by atoms with Crippen LogP contribution in [0.1, 0.15) is 172 Å². The number of hydrogen-bond acceptors (Lipinski definition) is 20. The third kappa shape index (κ3) is 23.0. The molecule has 5 aromatic carbocycles. The molecular formula is C73H85N3O16S. The van der Waals surface area contributed by atoms with Gasteiger partial charge in [0.2, 0.25) is 0 Å². The zero-order valence-electron chi connectivity index (χ0n) is 53.0. The first kappa shape index (κ1) is 70.0. The number of benzene rings is 5. The van der Waals surface area contributed by atoms with Crippen LogP contribution in [0.15, 0.2) is 151 Å². The zero-order chi connectivity index (χ0) is 65.6. The molecule has 93 heavy (non-hydrogen) atoms. The number of nitrogens with zero attached hydrogens (tertiary/aromatic N) is 2. The Bertz CT molecular complexity index is 3280. The second-order valence-electron chi connectivity index (χ2n) is 23.1. The smallest absolute Gasteiger partial charge is 0.343 e. The van der Waals surface area contributed by atoms with Crippen molar-refractivity contribution in [1.82, 2.24) is 5.01 Å². The van der Waals surface area contributed by atoms with Crippen LogP contribution in [0.2, 0.25) is 0 Å². The van der Waals surface area contributed by atoms with Gasteiger partial charge in [-0.05, 0) is 212 Å². The summed E-state index contributed by atoms with van der Waals surface area (Å²) in [5.74, 6) is -1.97. The van der Waals surface area contributed by atoms with E-state index in [1.165, 1.54) is 30.3 Å². The second-order valence-corrected chi connectivity index (χ2v) is 24.2. The second kappa shape index (κ2) is 37.6. The lowest BCUT2D eigenvalue weighted by atomic mass is 9.87. The fourth-order valence-electron chi connectivity index (χ4n) is 10.8. The van der Waals surface area contributed by atoms with E-state index >= 15 is 0 Å². The summed E-state index contributed by atoms with van der Waals surface area (Å²) in [6.45, 7) is 11.4. The van der Waals surface area contributed by atoms with E-state index in [-0.39, 0.29) is 46.1 Å². The van der Waals surface area contributed by atoms with Gasteiger partial charge in [0.05, 0.1) is 66.9 Å². The van der Waals surface area contributed by atoms with Gasteiger partial charge < -0.3 is 47.9 Å². The van der Waals surface area contributed by atoms with Crippen molar-refractivity contribution in [2.75, 3.05) is 38.3 Å². The van der Waals surface area contributed by atoms with E-state index in [1.54, 1.807) is 78.6 Å². The summed E-state index contributed by atoms with van der Waals surface area (Å²) in [5.41, 5.74) is 1.97. The SMILES string of the molecule is C=CC(=O)OCCCCCCOc1ccc(OC(=O)[C@H]2CC[C@H](OC(=O)c3ccc(OC(=O)c4ccc(OC(=O)[C@H]5CC[C@H](OC(=O)c6ccc(OCCCCCCOC(=O)C=C)cc6)CC5)cc4)cc3/C=N/N(CCCCCC)C3Nc4ccccc4S3)CC2)cc1. The molecule has 0 bridgehead atoms. The number of carbonyl (C=O) groups is 7.